The fourth-order valence-electron chi connectivity index (χ4n) is 0.741. The predicted octanol–water partition coefficient (Wildman–Crippen LogP) is -0.220. The van der Waals surface area contributed by atoms with Gasteiger partial charge in [0.05, 0.1) is 13.2 Å². The van der Waals surface area contributed by atoms with Crippen LogP contribution in [-0.2, 0) is 19.1 Å². The zero-order valence-electron chi connectivity index (χ0n) is 8.21. The number of ether oxygens (including phenoxy) is 2. The van der Waals surface area contributed by atoms with Crippen molar-refractivity contribution in [1.29, 1.82) is 0 Å². The Balaban J connectivity index is 4.60. The number of halogens is 1. The van der Waals surface area contributed by atoms with Crippen molar-refractivity contribution in [3.05, 3.63) is 0 Å². The number of hydrogen-bond donors (Lipinski definition) is 1. The Hall–Kier alpha value is -1.17. The van der Waals surface area contributed by atoms with E-state index in [0.29, 0.717) is 0 Å². The number of carbonyl (C=O) groups excluding carboxylic acids is 2. The molecule has 6 heteroatoms. The zero-order chi connectivity index (χ0) is 11.2. The van der Waals surface area contributed by atoms with E-state index in [1.54, 1.807) is 0 Å². The van der Waals surface area contributed by atoms with Crippen LogP contribution in [0, 0.1) is 0 Å². The van der Waals surface area contributed by atoms with E-state index < -0.39 is 24.2 Å². The van der Waals surface area contributed by atoms with Gasteiger partial charge in [0.1, 0.15) is 0 Å². The summed E-state index contributed by atoms with van der Waals surface area (Å²) in [7, 11) is 0. The molecular weight excluding hydrogens is 193 g/mol. The minimum absolute atomic E-state index is 0.0239. The molecular formula is C8H14FNO4. The number of hydrogen-bond acceptors (Lipinski definition) is 5. The first-order chi connectivity index (χ1) is 6.52. The summed E-state index contributed by atoms with van der Waals surface area (Å²) in [5.41, 5.74) is 2.11. The zero-order valence-corrected chi connectivity index (χ0v) is 8.21. The molecule has 0 aromatic rings. The highest BCUT2D eigenvalue weighted by atomic mass is 19.1. The van der Waals surface area contributed by atoms with E-state index in [4.69, 9.17) is 5.73 Å². The molecule has 5 nitrogen and oxygen atoms in total. The average Bonchev–Trinajstić information content (AvgIpc) is 2.17. The van der Waals surface area contributed by atoms with Crippen LogP contribution in [0.4, 0.5) is 4.39 Å². The molecule has 2 N–H and O–H groups in total. The van der Waals surface area contributed by atoms with Gasteiger partial charge in [-0.15, -0.1) is 0 Å². The molecule has 0 unspecified atom stereocenters. The third-order valence-corrected chi connectivity index (χ3v) is 1.48. The number of alkyl halides is 1. The van der Waals surface area contributed by atoms with Gasteiger partial charge in [0.15, 0.2) is 0 Å². The van der Waals surface area contributed by atoms with Gasteiger partial charge in [-0.25, -0.2) is 14.0 Å². The molecule has 0 fully saturated rings. The molecule has 0 saturated heterocycles. The van der Waals surface area contributed by atoms with Crippen molar-refractivity contribution in [2.75, 3.05) is 19.8 Å². The van der Waals surface area contributed by atoms with Crippen molar-refractivity contribution < 1.29 is 23.5 Å². The van der Waals surface area contributed by atoms with Gasteiger partial charge in [0.2, 0.25) is 0 Å². The molecule has 0 saturated carbocycles. The lowest BCUT2D eigenvalue weighted by Crippen LogP contribution is -2.50. The van der Waals surface area contributed by atoms with E-state index in [0.717, 1.165) is 0 Å². The van der Waals surface area contributed by atoms with Crippen molar-refractivity contribution in [2.24, 2.45) is 5.73 Å². The van der Waals surface area contributed by atoms with E-state index in [1.807, 2.05) is 0 Å². The lowest BCUT2D eigenvalue weighted by molar-refractivity contribution is -0.173. The maximum atomic E-state index is 13.6. The molecule has 0 spiro atoms. The van der Waals surface area contributed by atoms with Crippen LogP contribution in [0.3, 0.4) is 0 Å². The summed E-state index contributed by atoms with van der Waals surface area (Å²) in [6, 6.07) is 0. The molecule has 0 aromatic heterocycles. The highest BCUT2D eigenvalue weighted by molar-refractivity contribution is 6.03. The molecule has 0 rings (SSSR count). The summed E-state index contributed by atoms with van der Waals surface area (Å²) in [5.74, 6) is -2.61. The summed E-state index contributed by atoms with van der Waals surface area (Å²) in [5, 5.41) is 0. The summed E-state index contributed by atoms with van der Waals surface area (Å²) in [6.07, 6.45) is 0. The second-order valence-electron chi connectivity index (χ2n) is 2.45. The fourth-order valence-corrected chi connectivity index (χ4v) is 0.741. The molecule has 0 radical (unpaired) electrons. The molecule has 14 heavy (non-hydrogen) atoms. The number of nitrogens with two attached hydrogens (primary N) is 1. The number of rotatable bonds is 5. The van der Waals surface area contributed by atoms with Crippen LogP contribution >= 0.6 is 0 Å². The minimum atomic E-state index is -2.88. The Kier molecular flexibility index (Phi) is 5.07. The molecule has 0 bridgehead atoms. The highest BCUT2D eigenvalue weighted by Gasteiger charge is 2.48. The highest BCUT2D eigenvalue weighted by Crippen LogP contribution is 2.14. The molecule has 0 atom stereocenters. The largest absolute Gasteiger partial charge is 0.463 e. The summed E-state index contributed by atoms with van der Waals surface area (Å²) in [6.45, 7) is 2.17. The van der Waals surface area contributed by atoms with Gasteiger partial charge in [0, 0.05) is 6.54 Å². The summed E-state index contributed by atoms with van der Waals surface area (Å²) in [4.78, 5) is 22.1. The third kappa shape index (κ3) is 2.66. The number of carbonyl (C=O) groups is 2. The fraction of sp³-hybridized carbons (Fsp3) is 0.750. The molecule has 0 aliphatic rings. The monoisotopic (exact) mass is 207 g/mol. The van der Waals surface area contributed by atoms with Crippen molar-refractivity contribution in [3.8, 4) is 0 Å². The second kappa shape index (κ2) is 5.54. The van der Waals surface area contributed by atoms with Gasteiger partial charge >= 0.3 is 17.6 Å². The number of esters is 2. The molecule has 0 amide bonds. The Morgan fingerprint density at radius 3 is 1.79 bits per heavy atom. The van der Waals surface area contributed by atoms with Crippen molar-refractivity contribution in [3.63, 3.8) is 0 Å². The van der Waals surface area contributed by atoms with Crippen LogP contribution < -0.4 is 5.73 Å². The smallest absolute Gasteiger partial charge is 0.357 e. The van der Waals surface area contributed by atoms with E-state index in [-0.39, 0.29) is 13.2 Å². The topological polar surface area (TPSA) is 78.6 Å². The van der Waals surface area contributed by atoms with Crippen LogP contribution in [0.25, 0.3) is 0 Å². The lowest BCUT2D eigenvalue weighted by Gasteiger charge is -2.18. The van der Waals surface area contributed by atoms with Gasteiger partial charge in [0.25, 0.3) is 0 Å². The van der Waals surface area contributed by atoms with Gasteiger partial charge in [-0.3, -0.25) is 0 Å². The predicted molar refractivity (Wildman–Crippen MR) is 46.2 cm³/mol. The van der Waals surface area contributed by atoms with E-state index in [2.05, 4.69) is 9.47 Å². The van der Waals surface area contributed by atoms with Crippen LogP contribution in [0.2, 0.25) is 0 Å². The third-order valence-electron chi connectivity index (χ3n) is 1.48. The molecule has 0 heterocycles. The van der Waals surface area contributed by atoms with Crippen LogP contribution in [0.15, 0.2) is 0 Å². The van der Waals surface area contributed by atoms with Crippen LogP contribution in [0.1, 0.15) is 13.8 Å². The molecule has 0 aromatic carbocycles. The minimum Gasteiger partial charge on any atom is -0.463 e. The van der Waals surface area contributed by atoms with Crippen molar-refractivity contribution >= 4 is 11.9 Å². The Morgan fingerprint density at radius 1 is 1.21 bits per heavy atom. The van der Waals surface area contributed by atoms with Gasteiger partial charge < -0.3 is 15.2 Å². The van der Waals surface area contributed by atoms with Gasteiger partial charge in [-0.1, -0.05) is 0 Å². The second-order valence-corrected chi connectivity index (χ2v) is 2.45. The van der Waals surface area contributed by atoms with Crippen LogP contribution in [-0.4, -0.2) is 37.4 Å². The van der Waals surface area contributed by atoms with Crippen LogP contribution in [0.5, 0.6) is 0 Å². The lowest BCUT2D eigenvalue weighted by atomic mass is 10.1. The SMILES string of the molecule is CCOC(=O)C(F)(CN)C(=O)OCC. The van der Waals surface area contributed by atoms with Crippen molar-refractivity contribution in [1.82, 2.24) is 0 Å². The molecule has 82 valence electrons. The van der Waals surface area contributed by atoms with E-state index in [9.17, 15) is 14.0 Å². The first kappa shape index (κ1) is 12.8. The molecule has 0 aliphatic heterocycles. The average molecular weight is 207 g/mol. The van der Waals surface area contributed by atoms with E-state index >= 15 is 0 Å². The summed E-state index contributed by atoms with van der Waals surface area (Å²) >= 11 is 0. The quantitative estimate of drug-likeness (QED) is 0.498. The first-order valence-corrected chi connectivity index (χ1v) is 4.26. The van der Waals surface area contributed by atoms with Gasteiger partial charge in [-0.2, -0.15) is 0 Å². The molecule has 0 aliphatic carbocycles. The normalized spacial score (nSPS) is 10.9. The maximum absolute atomic E-state index is 13.6. The van der Waals surface area contributed by atoms with E-state index in [1.165, 1.54) is 13.8 Å². The van der Waals surface area contributed by atoms with Gasteiger partial charge in [-0.05, 0) is 13.8 Å². The summed E-state index contributed by atoms with van der Waals surface area (Å²) < 4.78 is 22.3. The Morgan fingerprint density at radius 2 is 1.57 bits per heavy atom. The standard InChI is InChI=1S/C8H14FNO4/c1-3-13-6(11)8(9,5-10)7(12)14-4-2/h3-5,10H2,1-2H3. The van der Waals surface area contributed by atoms with Crippen molar-refractivity contribution in [2.45, 2.75) is 19.5 Å². The Bertz CT molecular complexity index is 201. The maximum Gasteiger partial charge on any atom is 0.357 e. The first-order valence-electron chi connectivity index (χ1n) is 4.26. The Labute approximate surface area is 81.3 Å².